The van der Waals surface area contributed by atoms with Gasteiger partial charge in [-0.15, -0.1) is 0 Å². The van der Waals surface area contributed by atoms with Gasteiger partial charge in [0.25, 0.3) is 0 Å². The zero-order valence-electron chi connectivity index (χ0n) is 19.8. The highest BCUT2D eigenvalue weighted by atomic mass is 19.4. The molecule has 0 radical (unpaired) electrons. The lowest BCUT2D eigenvalue weighted by atomic mass is 9.85. The largest absolute Gasteiger partial charge is 0.416 e. The monoisotopic (exact) mass is 524 g/mol. The summed E-state index contributed by atoms with van der Waals surface area (Å²) in [4.78, 5) is 11.8. The van der Waals surface area contributed by atoms with Gasteiger partial charge >= 0.3 is 12.4 Å². The smallest absolute Gasteiger partial charge is 0.375 e. The van der Waals surface area contributed by atoms with E-state index in [2.05, 4.69) is 5.32 Å². The third kappa shape index (κ3) is 7.80. The number of nitrogens with two attached hydrogens (primary N) is 1. The predicted octanol–water partition coefficient (Wildman–Crippen LogP) is 5.90. The van der Waals surface area contributed by atoms with Crippen molar-refractivity contribution < 1.29 is 35.9 Å². The van der Waals surface area contributed by atoms with Crippen molar-refractivity contribution in [2.45, 2.75) is 43.9 Å². The number of carbonyl (C=O) groups is 1. The zero-order chi connectivity index (χ0) is 27.2. The topological polar surface area (TPSA) is 64.3 Å². The number of primary amides is 1. The normalized spacial score (nSPS) is 13.9. The molecule has 37 heavy (non-hydrogen) atoms. The summed E-state index contributed by atoms with van der Waals surface area (Å²) in [7, 11) is 0. The summed E-state index contributed by atoms with van der Waals surface area (Å²) in [5, 5.41) is 3.11. The number of benzene rings is 3. The Hall–Kier alpha value is -3.37. The highest BCUT2D eigenvalue weighted by molar-refractivity contribution is 5.79. The number of ether oxygens (including phenoxy) is 1. The number of hydrogen-bond acceptors (Lipinski definition) is 3. The summed E-state index contributed by atoms with van der Waals surface area (Å²) in [5.41, 5.74) is 4.07. The van der Waals surface area contributed by atoms with Gasteiger partial charge in [-0.3, -0.25) is 4.79 Å². The molecule has 0 aromatic heterocycles. The Bertz CT molecular complexity index is 1100. The molecule has 0 aliphatic rings. The highest BCUT2D eigenvalue weighted by Gasteiger charge is 2.37. The number of alkyl halides is 6. The molecular formula is C27H26F6N2O2. The molecule has 0 heterocycles. The molecule has 0 aliphatic heterocycles. The van der Waals surface area contributed by atoms with E-state index in [0.717, 1.165) is 11.1 Å². The SMILES string of the molecule is CC(NC(COCc1cc(C(F)(F)F)cc(C(F)(F)F)c1)C(c1ccccc1)c1ccccc1)C(N)=O. The molecular weight excluding hydrogens is 498 g/mol. The van der Waals surface area contributed by atoms with Gasteiger partial charge in [-0.05, 0) is 41.8 Å². The van der Waals surface area contributed by atoms with E-state index in [0.29, 0.717) is 12.1 Å². The van der Waals surface area contributed by atoms with E-state index in [1.54, 1.807) is 6.92 Å². The van der Waals surface area contributed by atoms with Crippen LogP contribution >= 0.6 is 0 Å². The molecule has 198 valence electrons. The summed E-state index contributed by atoms with van der Waals surface area (Å²) < 4.78 is 85.0. The molecule has 0 fully saturated rings. The van der Waals surface area contributed by atoms with Crippen LogP contribution in [0.1, 0.15) is 40.7 Å². The van der Waals surface area contributed by atoms with Gasteiger partial charge in [-0.1, -0.05) is 60.7 Å². The van der Waals surface area contributed by atoms with Crippen LogP contribution < -0.4 is 11.1 Å². The minimum absolute atomic E-state index is 0.0727. The van der Waals surface area contributed by atoms with E-state index < -0.39 is 48.1 Å². The standard InChI is InChI=1S/C27H26F6N2O2/c1-17(25(34)36)35-23(24(19-8-4-2-5-9-19)20-10-6-3-7-11-20)16-37-15-18-12-21(26(28,29)30)14-22(13-18)27(31,32)33/h2-14,17,23-24,35H,15-16H2,1H3,(H2,34,36). The first-order valence-corrected chi connectivity index (χ1v) is 11.4. The lowest BCUT2D eigenvalue weighted by molar-refractivity contribution is -0.143. The molecule has 4 nitrogen and oxygen atoms in total. The average molecular weight is 525 g/mol. The number of nitrogens with one attached hydrogen (secondary N) is 1. The van der Waals surface area contributed by atoms with Gasteiger partial charge in [0.15, 0.2) is 0 Å². The van der Waals surface area contributed by atoms with Gasteiger partial charge in [-0.25, -0.2) is 0 Å². The van der Waals surface area contributed by atoms with Crippen molar-refractivity contribution >= 4 is 5.91 Å². The number of carbonyl (C=O) groups excluding carboxylic acids is 1. The number of halogens is 6. The molecule has 3 aromatic rings. The van der Waals surface area contributed by atoms with Gasteiger partial charge in [0.1, 0.15) is 0 Å². The molecule has 10 heteroatoms. The van der Waals surface area contributed by atoms with Crippen LogP contribution in [0.15, 0.2) is 78.9 Å². The molecule has 0 saturated carbocycles. The molecule has 1 amide bonds. The fourth-order valence-electron chi connectivity index (χ4n) is 4.03. The summed E-state index contributed by atoms with van der Waals surface area (Å²) in [6, 6.07) is 18.5. The van der Waals surface area contributed by atoms with Gasteiger partial charge in [-0.2, -0.15) is 26.3 Å². The Morgan fingerprint density at radius 3 is 1.70 bits per heavy atom. The predicted molar refractivity (Wildman–Crippen MR) is 126 cm³/mol. The van der Waals surface area contributed by atoms with Crippen LogP contribution in [0.3, 0.4) is 0 Å². The van der Waals surface area contributed by atoms with Crippen LogP contribution in [-0.2, 0) is 28.5 Å². The van der Waals surface area contributed by atoms with Gasteiger partial charge < -0.3 is 15.8 Å². The Labute approximate surface area is 210 Å². The third-order valence-corrected chi connectivity index (χ3v) is 5.82. The summed E-state index contributed by atoms with van der Waals surface area (Å²) in [6.45, 7) is 0.918. The fourth-order valence-corrected chi connectivity index (χ4v) is 4.03. The number of rotatable bonds is 10. The van der Waals surface area contributed by atoms with Gasteiger partial charge in [0.05, 0.1) is 30.4 Å². The van der Waals surface area contributed by atoms with Crippen molar-refractivity contribution in [1.82, 2.24) is 5.32 Å². The Kier molecular flexibility index (Phi) is 8.98. The number of hydrogen-bond donors (Lipinski definition) is 2. The second kappa shape index (κ2) is 11.8. The molecule has 2 unspecified atom stereocenters. The first-order chi connectivity index (χ1) is 17.4. The first kappa shape index (κ1) is 28.2. The minimum atomic E-state index is -4.96. The first-order valence-electron chi connectivity index (χ1n) is 11.4. The van der Waals surface area contributed by atoms with E-state index >= 15 is 0 Å². The molecule has 0 aliphatic carbocycles. The lowest BCUT2D eigenvalue weighted by Crippen LogP contribution is -2.49. The summed E-state index contributed by atoms with van der Waals surface area (Å²) in [5.74, 6) is -0.992. The van der Waals surface area contributed by atoms with Crippen molar-refractivity contribution in [2.75, 3.05) is 6.61 Å². The Morgan fingerprint density at radius 1 is 0.838 bits per heavy atom. The fraction of sp³-hybridized carbons (Fsp3) is 0.296. The van der Waals surface area contributed by atoms with E-state index in [1.807, 2.05) is 60.7 Å². The van der Waals surface area contributed by atoms with Crippen molar-refractivity contribution in [1.29, 1.82) is 0 Å². The maximum atomic E-state index is 13.2. The molecule has 3 aromatic carbocycles. The van der Waals surface area contributed by atoms with Crippen LogP contribution in [0.4, 0.5) is 26.3 Å². The van der Waals surface area contributed by atoms with Crippen molar-refractivity contribution in [2.24, 2.45) is 5.73 Å². The van der Waals surface area contributed by atoms with Crippen molar-refractivity contribution in [3.8, 4) is 0 Å². The van der Waals surface area contributed by atoms with Crippen LogP contribution in [0.25, 0.3) is 0 Å². The maximum Gasteiger partial charge on any atom is 0.416 e. The summed E-state index contributed by atoms with van der Waals surface area (Å²) in [6.07, 6.45) is -9.91. The number of amides is 1. The van der Waals surface area contributed by atoms with Crippen molar-refractivity contribution in [3.05, 3.63) is 107 Å². The molecule has 0 saturated heterocycles. The molecule has 3 rings (SSSR count). The van der Waals surface area contributed by atoms with Gasteiger partial charge in [0, 0.05) is 12.0 Å². The third-order valence-electron chi connectivity index (χ3n) is 5.82. The van der Waals surface area contributed by atoms with Crippen LogP contribution in [0, 0.1) is 0 Å². The van der Waals surface area contributed by atoms with E-state index in [9.17, 15) is 31.1 Å². The Balaban J connectivity index is 1.91. The van der Waals surface area contributed by atoms with Gasteiger partial charge in [0.2, 0.25) is 5.91 Å². The minimum Gasteiger partial charge on any atom is -0.375 e. The highest BCUT2D eigenvalue weighted by Crippen LogP contribution is 2.36. The van der Waals surface area contributed by atoms with E-state index in [4.69, 9.17) is 10.5 Å². The van der Waals surface area contributed by atoms with Crippen LogP contribution in [-0.4, -0.2) is 24.6 Å². The molecule has 2 atom stereocenters. The zero-order valence-corrected chi connectivity index (χ0v) is 19.8. The quantitative estimate of drug-likeness (QED) is 0.325. The van der Waals surface area contributed by atoms with E-state index in [1.165, 1.54) is 0 Å². The second-order valence-corrected chi connectivity index (χ2v) is 8.63. The van der Waals surface area contributed by atoms with Crippen molar-refractivity contribution in [3.63, 3.8) is 0 Å². The molecule has 0 spiro atoms. The second-order valence-electron chi connectivity index (χ2n) is 8.63. The molecule has 0 bridgehead atoms. The molecule has 3 N–H and O–H groups in total. The maximum absolute atomic E-state index is 13.2. The average Bonchev–Trinajstić information content (AvgIpc) is 2.84. The van der Waals surface area contributed by atoms with Crippen LogP contribution in [0.5, 0.6) is 0 Å². The lowest BCUT2D eigenvalue weighted by Gasteiger charge is -2.31. The summed E-state index contributed by atoms with van der Waals surface area (Å²) >= 11 is 0. The van der Waals surface area contributed by atoms with Crippen LogP contribution in [0.2, 0.25) is 0 Å². The van der Waals surface area contributed by atoms with E-state index in [-0.39, 0.29) is 24.2 Å². The Morgan fingerprint density at radius 2 is 1.30 bits per heavy atom.